The van der Waals surface area contributed by atoms with Crippen molar-refractivity contribution in [3.05, 3.63) is 191 Å². The molecule has 436 valence electrons. The van der Waals surface area contributed by atoms with Gasteiger partial charge in [0.25, 0.3) is 0 Å². The van der Waals surface area contributed by atoms with Crippen LogP contribution in [0.4, 0.5) is 0 Å². The molecule has 11 rings (SSSR count). The number of rotatable bonds is 29. The summed E-state index contributed by atoms with van der Waals surface area (Å²) in [5.41, 5.74) is 19.7. The maximum Gasteiger partial charge on any atom is 0.164 e. The number of nitrogens with zero attached hydrogens (tertiary/aromatic N) is 4. The van der Waals surface area contributed by atoms with E-state index in [1.54, 1.807) is 11.1 Å². The summed E-state index contributed by atoms with van der Waals surface area (Å²) >= 11 is 0. The van der Waals surface area contributed by atoms with Crippen molar-refractivity contribution in [2.75, 3.05) is 0 Å². The molecule has 0 saturated carbocycles. The topological polar surface area (TPSA) is 51.6 Å². The van der Waals surface area contributed by atoms with Crippen molar-refractivity contribution < 1.29 is 0 Å². The molecule has 0 atom stereocenters. The van der Waals surface area contributed by atoms with Crippen molar-refractivity contribution in [2.24, 2.45) is 0 Å². The van der Waals surface area contributed by atoms with Gasteiger partial charge in [-0.2, -0.15) is 0 Å². The number of pyridine rings is 1. The highest BCUT2D eigenvalue weighted by Gasteiger charge is 2.36. The van der Waals surface area contributed by atoms with Crippen LogP contribution >= 0.6 is 0 Å². The lowest BCUT2D eigenvalue weighted by Crippen LogP contribution is -2.14. The molecule has 0 unspecified atom stereocenters. The van der Waals surface area contributed by atoms with E-state index in [9.17, 15) is 0 Å². The van der Waals surface area contributed by atoms with Crippen LogP contribution in [-0.4, -0.2) is 19.9 Å². The zero-order valence-corrected chi connectivity index (χ0v) is 52.3. The molecule has 0 radical (unpaired) electrons. The van der Waals surface area contributed by atoms with Gasteiger partial charge in [0.2, 0.25) is 0 Å². The van der Waals surface area contributed by atoms with Crippen molar-refractivity contribution in [3.8, 4) is 67.7 Å². The van der Waals surface area contributed by atoms with E-state index in [2.05, 4.69) is 187 Å². The Morgan fingerprint density at radius 2 is 0.765 bits per heavy atom. The molecule has 0 fully saturated rings. The molecule has 2 aromatic heterocycles. The van der Waals surface area contributed by atoms with Crippen LogP contribution in [0.2, 0.25) is 0 Å². The van der Waals surface area contributed by atoms with Crippen LogP contribution in [0.3, 0.4) is 0 Å². The maximum absolute atomic E-state index is 5.75. The summed E-state index contributed by atoms with van der Waals surface area (Å²) in [6, 6.07) is 59.2. The Morgan fingerprint density at radius 3 is 1.33 bits per heavy atom. The van der Waals surface area contributed by atoms with Gasteiger partial charge in [0.05, 0.1) is 11.2 Å². The SMILES string of the molecule is CCCCCCCCc1c(CCCCCCCC)c2cc(-c3cc(-c4nc(-c5ccccc5)nc(-c5ccccc5)n4)c4cc5c(cc4n3)C(C)(C)c3ccccc3-5)ccc2c2ccc(-c3cc(CCCCCC)cc(CCCCCC)c3)cc12. The van der Waals surface area contributed by atoms with Gasteiger partial charge in [-0.15, -0.1) is 0 Å². The predicted molar refractivity (Wildman–Crippen MR) is 365 cm³/mol. The van der Waals surface area contributed by atoms with Gasteiger partial charge in [0, 0.05) is 33.1 Å². The molecule has 1 aliphatic rings. The normalized spacial score (nSPS) is 12.6. The fourth-order valence-electron chi connectivity index (χ4n) is 13.9. The summed E-state index contributed by atoms with van der Waals surface area (Å²) in [6.07, 6.45) is 30.1. The van der Waals surface area contributed by atoms with Gasteiger partial charge < -0.3 is 0 Å². The minimum atomic E-state index is -0.193. The van der Waals surface area contributed by atoms with Crippen molar-refractivity contribution in [1.82, 2.24) is 19.9 Å². The molecule has 10 aromatic rings. The lowest BCUT2D eigenvalue weighted by molar-refractivity contribution is 0.600. The third-order valence-electron chi connectivity index (χ3n) is 18.7. The van der Waals surface area contributed by atoms with Crippen LogP contribution in [-0.2, 0) is 31.1 Å². The highest BCUT2D eigenvalue weighted by Crippen LogP contribution is 2.51. The molecule has 0 spiro atoms. The molecular weight excluding hydrogens is 1030 g/mol. The largest absolute Gasteiger partial charge is 0.248 e. The molecular formula is C81H92N4. The minimum absolute atomic E-state index is 0.193. The van der Waals surface area contributed by atoms with E-state index in [0.29, 0.717) is 17.5 Å². The molecule has 0 amide bonds. The van der Waals surface area contributed by atoms with E-state index in [1.807, 2.05) is 12.1 Å². The molecule has 4 heteroatoms. The van der Waals surface area contributed by atoms with Gasteiger partial charge >= 0.3 is 0 Å². The third kappa shape index (κ3) is 13.6. The van der Waals surface area contributed by atoms with Gasteiger partial charge in [-0.25, -0.2) is 19.9 Å². The Balaban J connectivity index is 1.11. The van der Waals surface area contributed by atoms with E-state index < -0.39 is 0 Å². The Kier molecular flexibility index (Phi) is 19.8. The van der Waals surface area contributed by atoms with Crippen molar-refractivity contribution in [3.63, 3.8) is 0 Å². The van der Waals surface area contributed by atoms with Crippen LogP contribution in [0.1, 0.15) is 203 Å². The minimum Gasteiger partial charge on any atom is -0.248 e. The molecule has 2 heterocycles. The standard InChI is InChI=1S/C81H92N4/c1-7-11-15-19-21-31-41-64-65(42-32-22-20-16-12-8-2)70-53-62(46-48-67(70)66-47-45-61(52-69(64)66)63-50-57(35-25-17-13-9-3)49-58(51-63)36-26-18-14-10-4)76-55-73(72-54-71-68-43-33-34-44-74(68)81(5,6)75(71)56-77(72)82-76)80-84-78(59-37-27-23-28-38-59)83-79(85-80)60-39-29-24-30-40-60/h23-24,27-30,33-34,37-40,43-56H,7-22,25-26,31-32,35-36,41-42H2,1-6H3. The van der Waals surface area contributed by atoms with Crippen LogP contribution in [0.15, 0.2) is 158 Å². The number of benzene rings is 8. The van der Waals surface area contributed by atoms with Crippen molar-refractivity contribution in [2.45, 2.75) is 201 Å². The monoisotopic (exact) mass is 1120 g/mol. The van der Waals surface area contributed by atoms with E-state index in [-0.39, 0.29) is 5.41 Å². The first-order chi connectivity index (χ1) is 41.8. The third-order valence-corrected chi connectivity index (χ3v) is 18.7. The Labute approximate surface area is 509 Å². The van der Waals surface area contributed by atoms with Gasteiger partial charge in [-0.1, -0.05) is 272 Å². The van der Waals surface area contributed by atoms with E-state index >= 15 is 0 Å². The molecule has 0 aliphatic heterocycles. The predicted octanol–water partition coefficient (Wildman–Crippen LogP) is 23.4. The fraction of sp³-hybridized carbons (Fsp3) is 0.383. The highest BCUT2D eigenvalue weighted by atomic mass is 15.0. The summed E-state index contributed by atoms with van der Waals surface area (Å²) in [7, 11) is 0. The Hall–Kier alpha value is -7.30. The number of aromatic nitrogens is 4. The second-order valence-electron chi connectivity index (χ2n) is 25.4. The summed E-state index contributed by atoms with van der Waals surface area (Å²) in [5.74, 6) is 1.95. The van der Waals surface area contributed by atoms with E-state index in [1.165, 1.54) is 194 Å². The zero-order chi connectivity index (χ0) is 58.5. The van der Waals surface area contributed by atoms with Crippen LogP contribution < -0.4 is 0 Å². The summed E-state index contributed by atoms with van der Waals surface area (Å²) in [5, 5.41) is 6.58. The summed E-state index contributed by atoms with van der Waals surface area (Å²) in [6.45, 7) is 14.0. The Morgan fingerprint density at radius 1 is 0.294 bits per heavy atom. The molecule has 0 saturated heterocycles. The van der Waals surface area contributed by atoms with Gasteiger partial charge in [0.1, 0.15) is 0 Å². The molecule has 4 nitrogen and oxygen atoms in total. The van der Waals surface area contributed by atoms with Crippen molar-refractivity contribution in [1.29, 1.82) is 0 Å². The first-order valence-corrected chi connectivity index (χ1v) is 33.4. The fourth-order valence-corrected chi connectivity index (χ4v) is 13.9. The average molecular weight is 1120 g/mol. The number of unbranched alkanes of at least 4 members (excludes halogenated alkanes) is 16. The molecule has 1 aliphatic carbocycles. The first kappa shape index (κ1) is 59.4. The van der Waals surface area contributed by atoms with Crippen molar-refractivity contribution >= 4 is 32.4 Å². The van der Waals surface area contributed by atoms with E-state index in [0.717, 1.165) is 64.5 Å². The maximum atomic E-state index is 5.75. The summed E-state index contributed by atoms with van der Waals surface area (Å²) < 4.78 is 0. The van der Waals surface area contributed by atoms with Crippen LogP contribution in [0.25, 0.3) is 100 Å². The summed E-state index contributed by atoms with van der Waals surface area (Å²) in [4.78, 5) is 21.7. The quantitative estimate of drug-likeness (QED) is 0.0346. The Bertz CT molecular complexity index is 3780. The molecule has 8 aromatic carbocycles. The zero-order valence-electron chi connectivity index (χ0n) is 52.3. The average Bonchev–Trinajstić information content (AvgIpc) is 2.21. The smallest absolute Gasteiger partial charge is 0.164 e. The first-order valence-electron chi connectivity index (χ1n) is 33.4. The molecule has 0 bridgehead atoms. The second kappa shape index (κ2) is 28.3. The lowest BCUT2D eigenvalue weighted by atomic mass is 9.82. The molecule has 0 N–H and O–H groups in total. The van der Waals surface area contributed by atoms with Crippen LogP contribution in [0.5, 0.6) is 0 Å². The van der Waals surface area contributed by atoms with Crippen LogP contribution in [0, 0.1) is 0 Å². The number of aryl methyl sites for hydroxylation is 4. The van der Waals surface area contributed by atoms with E-state index in [4.69, 9.17) is 19.9 Å². The van der Waals surface area contributed by atoms with Gasteiger partial charge in [0.15, 0.2) is 17.5 Å². The van der Waals surface area contributed by atoms with Gasteiger partial charge in [-0.3, -0.25) is 0 Å². The van der Waals surface area contributed by atoms with Gasteiger partial charge in [-0.05, 0) is 159 Å². The second-order valence-corrected chi connectivity index (χ2v) is 25.4. The highest BCUT2D eigenvalue weighted by molar-refractivity contribution is 6.13. The molecule has 85 heavy (non-hydrogen) atoms. The number of hydrogen-bond donors (Lipinski definition) is 0. The number of fused-ring (bicyclic) bond motifs is 7. The lowest BCUT2D eigenvalue weighted by Gasteiger charge is -2.22. The number of hydrogen-bond acceptors (Lipinski definition) is 4.